The number of piperazine rings is 1. The van der Waals surface area contributed by atoms with Crippen LogP contribution >= 0.6 is 0 Å². The van der Waals surface area contributed by atoms with E-state index in [9.17, 15) is 4.79 Å². The maximum Gasteiger partial charge on any atom is 0.250 e. The molecule has 8 heteroatoms. The number of nitrogens with two attached hydrogens (primary N) is 1. The number of rotatable bonds is 6. The van der Waals surface area contributed by atoms with E-state index in [2.05, 4.69) is 30.5 Å². The molecule has 8 nitrogen and oxygen atoms in total. The van der Waals surface area contributed by atoms with E-state index in [0.29, 0.717) is 16.9 Å². The van der Waals surface area contributed by atoms with Crippen molar-refractivity contribution in [2.24, 2.45) is 5.73 Å². The Morgan fingerprint density at radius 2 is 2.07 bits per heavy atom. The molecular weight excluding hydrogens is 342 g/mol. The van der Waals surface area contributed by atoms with Crippen LogP contribution in [0.15, 0.2) is 36.5 Å². The van der Waals surface area contributed by atoms with Crippen LogP contribution in [0.3, 0.4) is 0 Å². The zero-order valence-electron chi connectivity index (χ0n) is 15.0. The van der Waals surface area contributed by atoms with E-state index in [-0.39, 0.29) is 0 Å². The normalized spacial score (nSPS) is 15.1. The molecule has 1 aliphatic rings. The monoisotopic (exact) mass is 365 g/mol. The second-order valence-corrected chi connectivity index (χ2v) is 6.57. The molecule has 3 heterocycles. The Morgan fingerprint density at radius 1 is 1.22 bits per heavy atom. The molecule has 0 atom stereocenters. The molecule has 1 amide bonds. The van der Waals surface area contributed by atoms with Crippen LogP contribution in [0.2, 0.25) is 0 Å². The van der Waals surface area contributed by atoms with Crippen molar-refractivity contribution in [3.05, 3.63) is 42.1 Å². The second-order valence-electron chi connectivity index (χ2n) is 6.57. The van der Waals surface area contributed by atoms with Gasteiger partial charge in [-0.2, -0.15) is 0 Å². The highest BCUT2D eigenvalue weighted by atomic mass is 16.1. The number of para-hydroxylation sites is 1. The Hall–Kier alpha value is -2.97. The highest BCUT2D eigenvalue weighted by Crippen LogP contribution is 2.27. The summed E-state index contributed by atoms with van der Waals surface area (Å²) >= 11 is 0. The maximum absolute atomic E-state index is 11.7. The van der Waals surface area contributed by atoms with Gasteiger partial charge in [-0.3, -0.25) is 9.69 Å². The van der Waals surface area contributed by atoms with Crippen LogP contribution < -0.4 is 16.4 Å². The van der Waals surface area contributed by atoms with Gasteiger partial charge in [0.25, 0.3) is 5.91 Å². The van der Waals surface area contributed by atoms with Crippen molar-refractivity contribution >= 4 is 22.8 Å². The fraction of sp³-hybridized carbons (Fsp3) is 0.316. The number of amides is 1. The van der Waals surface area contributed by atoms with Gasteiger partial charge in [-0.05, 0) is 24.3 Å². The summed E-state index contributed by atoms with van der Waals surface area (Å²) in [5, 5.41) is 6.77. The summed E-state index contributed by atoms with van der Waals surface area (Å²) < 4.78 is 0. The summed E-state index contributed by atoms with van der Waals surface area (Å²) in [7, 11) is 0. The third-order valence-electron chi connectivity index (χ3n) is 4.77. The van der Waals surface area contributed by atoms with Gasteiger partial charge in [0.1, 0.15) is 17.2 Å². The molecule has 0 saturated carbocycles. The summed E-state index contributed by atoms with van der Waals surface area (Å²) in [5.41, 5.74) is 8.10. The summed E-state index contributed by atoms with van der Waals surface area (Å²) in [6, 6.07) is 9.19. The minimum Gasteiger partial charge on any atom is -0.368 e. The SMILES string of the molecule is NC(=O)c1cccc2[nH]c(-c3cccnc3NCCN3CCNCC3)nc12. The highest BCUT2D eigenvalue weighted by Gasteiger charge is 2.15. The maximum atomic E-state index is 11.7. The largest absolute Gasteiger partial charge is 0.368 e. The topological polar surface area (TPSA) is 112 Å². The molecule has 1 saturated heterocycles. The van der Waals surface area contributed by atoms with E-state index in [4.69, 9.17) is 5.73 Å². The number of anilines is 1. The third kappa shape index (κ3) is 3.76. The minimum absolute atomic E-state index is 0.409. The first kappa shape index (κ1) is 17.4. The first-order chi connectivity index (χ1) is 13.2. The number of benzene rings is 1. The number of carbonyl (C=O) groups excluding carboxylic acids is 1. The van der Waals surface area contributed by atoms with Crippen molar-refractivity contribution in [1.82, 2.24) is 25.2 Å². The van der Waals surface area contributed by atoms with Gasteiger partial charge in [-0.15, -0.1) is 0 Å². The van der Waals surface area contributed by atoms with E-state index in [0.717, 1.165) is 56.2 Å². The molecule has 0 aliphatic carbocycles. The Labute approximate surface area is 157 Å². The number of aromatic amines is 1. The number of pyridine rings is 1. The molecule has 0 unspecified atom stereocenters. The van der Waals surface area contributed by atoms with Gasteiger partial charge in [-0.1, -0.05) is 6.07 Å². The summed E-state index contributed by atoms with van der Waals surface area (Å²) in [4.78, 5) is 26.4. The summed E-state index contributed by atoms with van der Waals surface area (Å²) in [5.74, 6) is 0.947. The van der Waals surface area contributed by atoms with Crippen LogP contribution in [0.1, 0.15) is 10.4 Å². The van der Waals surface area contributed by atoms with Crippen molar-refractivity contribution < 1.29 is 4.79 Å². The number of hydrogen-bond acceptors (Lipinski definition) is 6. The lowest BCUT2D eigenvalue weighted by Gasteiger charge is -2.27. The van der Waals surface area contributed by atoms with Gasteiger partial charge >= 0.3 is 0 Å². The third-order valence-corrected chi connectivity index (χ3v) is 4.77. The fourth-order valence-electron chi connectivity index (χ4n) is 3.36. The minimum atomic E-state index is -0.487. The van der Waals surface area contributed by atoms with Crippen molar-refractivity contribution in [2.45, 2.75) is 0 Å². The smallest absolute Gasteiger partial charge is 0.250 e. The van der Waals surface area contributed by atoms with Crippen molar-refractivity contribution in [3.63, 3.8) is 0 Å². The van der Waals surface area contributed by atoms with Crippen molar-refractivity contribution in [3.8, 4) is 11.4 Å². The number of hydrogen-bond donors (Lipinski definition) is 4. The second kappa shape index (κ2) is 7.73. The van der Waals surface area contributed by atoms with Gasteiger partial charge in [0.15, 0.2) is 0 Å². The number of carbonyl (C=O) groups is 1. The number of aromatic nitrogens is 3. The number of fused-ring (bicyclic) bond motifs is 1. The molecule has 1 fully saturated rings. The number of imidazole rings is 1. The van der Waals surface area contributed by atoms with Crippen LogP contribution in [-0.2, 0) is 0 Å². The van der Waals surface area contributed by atoms with Crippen LogP contribution in [0.4, 0.5) is 5.82 Å². The molecule has 0 radical (unpaired) electrons. The predicted molar refractivity (Wildman–Crippen MR) is 106 cm³/mol. The molecule has 0 spiro atoms. The van der Waals surface area contributed by atoms with Crippen LogP contribution in [0, 0.1) is 0 Å². The van der Waals surface area contributed by atoms with Crippen molar-refractivity contribution in [2.75, 3.05) is 44.6 Å². The summed E-state index contributed by atoms with van der Waals surface area (Å²) in [6.45, 7) is 5.97. The quantitative estimate of drug-likeness (QED) is 0.519. The molecular formula is C19H23N7O. The number of nitrogens with one attached hydrogen (secondary N) is 3. The number of H-pyrrole nitrogens is 1. The molecule has 1 aliphatic heterocycles. The first-order valence-electron chi connectivity index (χ1n) is 9.13. The number of nitrogens with zero attached hydrogens (tertiary/aromatic N) is 3. The van der Waals surface area contributed by atoms with Gasteiger partial charge in [0, 0.05) is 45.5 Å². The molecule has 4 rings (SSSR count). The van der Waals surface area contributed by atoms with Gasteiger partial charge in [-0.25, -0.2) is 9.97 Å². The zero-order chi connectivity index (χ0) is 18.6. The molecule has 2 aromatic heterocycles. The van der Waals surface area contributed by atoms with E-state index in [1.54, 1.807) is 18.3 Å². The van der Waals surface area contributed by atoms with Gasteiger partial charge in [0.05, 0.1) is 16.6 Å². The Bertz CT molecular complexity index is 946. The van der Waals surface area contributed by atoms with Gasteiger partial charge < -0.3 is 21.4 Å². The van der Waals surface area contributed by atoms with E-state index < -0.39 is 5.91 Å². The average Bonchev–Trinajstić information content (AvgIpc) is 3.13. The lowest BCUT2D eigenvalue weighted by Crippen LogP contribution is -2.45. The zero-order valence-corrected chi connectivity index (χ0v) is 15.0. The molecule has 3 aromatic rings. The van der Waals surface area contributed by atoms with Crippen molar-refractivity contribution in [1.29, 1.82) is 0 Å². The Balaban J connectivity index is 1.56. The van der Waals surface area contributed by atoms with E-state index in [1.807, 2.05) is 18.2 Å². The molecule has 1 aromatic carbocycles. The molecule has 27 heavy (non-hydrogen) atoms. The van der Waals surface area contributed by atoms with E-state index >= 15 is 0 Å². The summed E-state index contributed by atoms with van der Waals surface area (Å²) in [6.07, 6.45) is 1.76. The molecule has 5 N–H and O–H groups in total. The lowest BCUT2D eigenvalue weighted by molar-refractivity contribution is 0.100. The van der Waals surface area contributed by atoms with E-state index in [1.165, 1.54) is 0 Å². The fourth-order valence-corrected chi connectivity index (χ4v) is 3.36. The molecule has 0 bridgehead atoms. The van der Waals surface area contributed by atoms with Crippen LogP contribution in [0.25, 0.3) is 22.4 Å². The Kier molecular flexibility index (Phi) is 4.99. The number of primary amides is 1. The standard InChI is InChI=1S/C19H23N7O/c20-17(27)13-3-1-5-15-16(13)25-19(24-15)14-4-2-6-22-18(14)23-9-12-26-10-7-21-8-11-26/h1-6,21H,7-12H2,(H2,20,27)(H,22,23)(H,24,25). The predicted octanol–water partition coefficient (Wildman–Crippen LogP) is 1.04. The highest BCUT2D eigenvalue weighted by molar-refractivity contribution is 6.04. The average molecular weight is 365 g/mol. The Morgan fingerprint density at radius 3 is 2.89 bits per heavy atom. The molecule has 140 valence electrons. The van der Waals surface area contributed by atoms with Crippen LogP contribution in [-0.4, -0.2) is 65.0 Å². The first-order valence-corrected chi connectivity index (χ1v) is 9.13. The lowest BCUT2D eigenvalue weighted by atomic mass is 10.2. The van der Waals surface area contributed by atoms with Gasteiger partial charge in [0.2, 0.25) is 0 Å². The van der Waals surface area contributed by atoms with Crippen LogP contribution in [0.5, 0.6) is 0 Å².